The standard InChI is InChI=1S/C20H21N3O5S3/c1-13-4-3-5-16(10-13)23-31(27,28)18-11-15(7-6-14(18)2)22-19(24)12-17-8-9-20(29-17)30(21,25)26/h3-11,23H,12H2,1-2H3,(H,22,24)(H2,21,25,26). The summed E-state index contributed by atoms with van der Waals surface area (Å²) in [5.41, 5.74) is 2.19. The van der Waals surface area contributed by atoms with Crippen molar-refractivity contribution in [1.82, 2.24) is 0 Å². The van der Waals surface area contributed by atoms with Crippen molar-refractivity contribution in [1.29, 1.82) is 0 Å². The van der Waals surface area contributed by atoms with Crippen molar-refractivity contribution in [2.24, 2.45) is 5.14 Å². The number of thiophene rings is 1. The number of aryl methyl sites for hydroxylation is 2. The van der Waals surface area contributed by atoms with Crippen LogP contribution in [0, 0.1) is 13.8 Å². The Morgan fingerprint density at radius 1 is 0.968 bits per heavy atom. The Kier molecular flexibility index (Phi) is 6.51. The third kappa shape index (κ3) is 5.91. The van der Waals surface area contributed by atoms with Crippen LogP contribution in [0.15, 0.2) is 63.7 Å². The van der Waals surface area contributed by atoms with Gasteiger partial charge in [-0.2, -0.15) is 0 Å². The molecule has 0 fully saturated rings. The third-order valence-corrected chi connectivity index (χ3v) is 8.33. The van der Waals surface area contributed by atoms with Crippen LogP contribution in [0.1, 0.15) is 16.0 Å². The lowest BCUT2D eigenvalue weighted by atomic mass is 10.2. The first-order valence-corrected chi connectivity index (χ1v) is 12.9. The molecule has 0 spiro atoms. The minimum absolute atomic E-state index is 0.0266. The monoisotopic (exact) mass is 479 g/mol. The average Bonchev–Trinajstić information content (AvgIpc) is 3.11. The summed E-state index contributed by atoms with van der Waals surface area (Å²) in [6.07, 6.45) is -0.0717. The summed E-state index contributed by atoms with van der Waals surface area (Å²) in [4.78, 5) is 12.9. The van der Waals surface area contributed by atoms with Gasteiger partial charge in [-0.3, -0.25) is 9.52 Å². The van der Waals surface area contributed by atoms with Crippen LogP contribution < -0.4 is 15.2 Å². The lowest BCUT2D eigenvalue weighted by Gasteiger charge is -2.13. The second-order valence-electron chi connectivity index (χ2n) is 6.95. The number of hydrogen-bond acceptors (Lipinski definition) is 6. The van der Waals surface area contributed by atoms with Gasteiger partial charge >= 0.3 is 0 Å². The van der Waals surface area contributed by atoms with E-state index in [0.717, 1.165) is 16.9 Å². The first-order valence-electron chi connectivity index (χ1n) is 9.05. The minimum atomic E-state index is -3.87. The molecular formula is C20H21N3O5S3. The topological polar surface area (TPSA) is 135 Å². The van der Waals surface area contributed by atoms with E-state index in [1.54, 1.807) is 37.3 Å². The van der Waals surface area contributed by atoms with Crippen molar-refractivity contribution < 1.29 is 21.6 Å². The normalized spacial score (nSPS) is 11.8. The van der Waals surface area contributed by atoms with Crippen molar-refractivity contribution >= 4 is 48.7 Å². The molecule has 0 radical (unpaired) electrons. The van der Waals surface area contributed by atoms with Gasteiger partial charge in [0.15, 0.2) is 0 Å². The van der Waals surface area contributed by atoms with E-state index in [1.165, 1.54) is 18.2 Å². The first kappa shape index (κ1) is 22.9. The van der Waals surface area contributed by atoms with E-state index >= 15 is 0 Å². The number of nitrogens with one attached hydrogen (secondary N) is 2. The number of primary sulfonamides is 1. The van der Waals surface area contributed by atoms with Gasteiger partial charge in [-0.05, 0) is 61.4 Å². The summed E-state index contributed by atoms with van der Waals surface area (Å²) in [6.45, 7) is 3.52. The van der Waals surface area contributed by atoms with Crippen LogP contribution in [-0.4, -0.2) is 22.7 Å². The number of nitrogens with two attached hydrogens (primary N) is 1. The van der Waals surface area contributed by atoms with E-state index in [-0.39, 0.29) is 15.5 Å². The molecule has 0 unspecified atom stereocenters. The summed E-state index contributed by atoms with van der Waals surface area (Å²) in [5, 5.41) is 7.72. The molecule has 1 heterocycles. The molecule has 11 heteroatoms. The lowest BCUT2D eigenvalue weighted by Crippen LogP contribution is -2.17. The second kappa shape index (κ2) is 8.79. The molecule has 0 aliphatic carbocycles. The minimum Gasteiger partial charge on any atom is -0.326 e. The molecular weight excluding hydrogens is 458 g/mol. The van der Waals surface area contributed by atoms with Gasteiger partial charge < -0.3 is 5.32 Å². The second-order valence-corrected chi connectivity index (χ2v) is 11.6. The van der Waals surface area contributed by atoms with Gasteiger partial charge in [-0.25, -0.2) is 22.0 Å². The summed E-state index contributed by atoms with van der Waals surface area (Å²) in [5.74, 6) is -0.415. The van der Waals surface area contributed by atoms with Gasteiger partial charge in [0.05, 0.1) is 11.3 Å². The Hall–Kier alpha value is -2.73. The van der Waals surface area contributed by atoms with Gasteiger partial charge in [-0.15, -0.1) is 11.3 Å². The van der Waals surface area contributed by atoms with Crippen molar-refractivity contribution in [2.75, 3.05) is 10.0 Å². The molecule has 0 saturated carbocycles. The van der Waals surface area contributed by atoms with Crippen LogP contribution in [0.25, 0.3) is 0 Å². The fourth-order valence-electron chi connectivity index (χ4n) is 2.86. The Morgan fingerprint density at radius 2 is 1.71 bits per heavy atom. The van der Waals surface area contributed by atoms with Crippen LogP contribution in [0.5, 0.6) is 0 Å². The zero-order valence-electron chi connectivity index (χ0n) is 16.7. The van der Waals surface area contributed by atoms with Crippen molar-refractivity contribution in [2.45, 2.75) is 29.4 Å². The Morgan fingerprint density at radius 3 is 2.35 bits per heavy atom. The number of hydrogen-bond donors (Lipinski definition) is 3. The van der Waals surface area contributed by atoms with Gasteiger partial charge in [0.1, 0.15) is 4.21 Å². The maximum atomic E-state index is 12.9. The van der Waals surface area contributed by atoms with Crippen molar-refractivity contribution in [3.8, 4) is 0 Å². The van der Waals surface area contributed by atoms with E-state index in [0.29, 0.717) is 21.8 Å². The summed E-state index contributed by atoms with van der Waals surface area (Å²) >= 11 is 0.911. The van der Waals surface area contributed by atoms with Gasteiger partial charge in [0.2, 0.25) is 15.9 Å². The van der Waals surface area contributed by atoms with Crippen LogP contribution in [0.4, 0.5) is 11.4 Å². The van der Waals surface area contributed by atoms with Gasteiger partial charge in [0.25, 0.3) is 10.0 Å². The SMILES string of the molecule is Cc1cccc(NS(=O)(=O)c2cc(NC(=O)Cc3ccc(S(N)(=O)=O)s3)ccc2C)c1. The predicted molar refractivity (Wildman–Crippen MR) is 121 cm³/mol. The number of sulfonamides is 2. The fourth-order valence-corrected chi connectivity index (χ4v) is 5.95. The van der Waals surface area contributed by atoms with Gasteiger partial charge in [0, 0.05) is 16.3 Å². The fraction of sp³-hybridized carbons (Fsp3) is 0.150. The Labute approximate surface area is 185 Å². The number of benzene rings is 2. The molecule has 2 aromatic carbocycles. The largest absolute Gasteiger partial charge is 0.326 e. The highest BCUT2D eigenvalue weighted by Gasteiger charge is 2.19. The molecule has 3 aromatic rings. The molecule has 4 N–H and O–H groups in total. The maximum Gasteiger partial charge on any atom is 0.262 e. The van der Waals surface area contributed by atoms with Crippen LogP contribution in [0.2, 0.25) is 0 Å². The summed E-state index contributed by atoms with van der Waals surface area (Å²) < 4.78 is 51.0. The molecule has 1 amide bonds. The van der Waals surface area contributed by atoms with E-state index in [4.69, 9.17) is 5.14 Å². The number of anilines is 2. The number of amides is 1. The Bertz CT molecular complexity index is 1350. The molecule has 0 saturated heterocycles. The summed E-state index contributed by atoms with van der Waals surface area (Å²) in [7, 11) is -7.69. The quantitative estimate of drug-likeness (QED) is 0.479. The molecule has 0 aliphatic heterocycles. The molecule has 0 aliphatic rings. The lowest BCUT2D eigenvalue weighted by molar-refractivity contribution is -0.115. The number of carbonyl (C=O) groups is 1. The molecule has 0 bridgehead atoms. The highest BCUT2D eigenvalue weighted by molar-refractivity contribution is 7.92. The van der Waals surface area contributed by atoms with Crippen molar-refractivity contribution in [3.63, 3.8) is 0 Å². The smallest absolute Gasteiger partial charge is 0.262 e. The van der Waals surface area contributed by atoms with Crippen molar-refractivity contribution in [3.05, 3.63) is 70.6 Å². The predicted octanol–water partition coefficient (Wildman–Crippen LogP) is 2.99. The van der Waals surface area contributed by atoms with Crippen LogP contribution in [-0.2, 0) is 31.3 Å². The molecule has 8 nitrogen and oxygen atoms in total. The highest BCUT2D eigenvalue weighted by Crippen LogP contribution is 2.24. The van der Waals surface area contributed by atoms with E-state index < -0.39 is 26.0 Å². The number of carbonyl (C=O) groups excluding carboxylic acids is 1. The Balaban J connectivity index is 1.77. The van der Waals surface area contributed by atoms with Gasteiger partial charge in [-0.1, -0.05) is 18.2 Å². The van der Waals surface area contributed by atoms with Crippen LogP contribution >= 0.6 is 11.3 Å². The van der Waals surface area contributed by atoms with Crippen LogP contribution in [0.3, 0.4) is 0 Å². The third-order valence-electron chi connectivity index (χ3n) is 4.28. The average molecular weight is 480 g/mol. The molecule has 0 atom stereocenters. The van der Waals surface area contributed by atoms with E-state index in [9.17, 15) is 21.6 Å². The zero-order valence-corrected chi connectivity index (χ0v) is 19.2. The zero-order chi connectivity index (χ0) is 22.8. The number of rotatable bonds is 7. The summed E-state index contributed by atoms with van der Waals surface area (Å²) in [6, 6.07) is 14.4. The highest BCUT2D eigenvalue weighted by atomic mass is 32.2. The molecule has 164 valence electrons. The molecule has 31 heavy (non-hydrogen) atoms. The molecule has 1 aromatic heterocycles. The van der Waals surface area contributed by atoms with E-state index in [2.05, 4.69) is 10.0 Å². The first-order chi connectivity index (χ1) is 14.4. The molecule has 3 rings (SSSR count). The van der Waals surface area contributed by atoms with E-state index in [1.807, 2.05) is 13.0 Å². The maximum absolute atomic E-state index is 12.9.